The van der Waals surface area contributed by atoms with E-state index in [4.69, 9.17) is 0 Å². The molecule has 0 aliphatic heterocycles. The van der Waals surface area contributed by atoms with Crippen molar-refractivity contribution in [2.24, 2.45) is 5.92 Å². The van der Waals surface area contributed by atoms with Crippen molar-refractivity contribution >= 4 is 0 Å². The molecular weight excluding hydrogens is 194 g/mol. The third-order valence-electron chi connectivity index (χ3n) is 3.05. The average molecular weight is 219 g/mol. The van der Waals surface area contributed by atoms with Gasteiger partial charge >= 0.3 is 0 Å². The van der Waals surface area contributed by atoms with Gasteiger partial charge in [-0.1, -0.05) is 45.0 Å². The molecule has 1 unspecified atom stereocenters. The predicted octanol–water partition coefficient (Wildman–Crippen LogP) is 4.08. The predicted molar refractivity (Wildman–Crippen MR) is 71.7 cm³/mol. The molecule has 1 heteroatoms. The van der Waals surface area contributed by atoms with Crippen LogP contribution in [0.3, 0.4) is 0 Å². The molecule has 1 aromatic rings. The fourth-order valence-electron chi connectivity index (χ4n) is 2.09. The SMILES string of the molecule is CCNC(CCC(C)C)c1ccccc1C. The quantitative estimate of drug-likeness (QED) is 0.760. The first kappa shape index (κ1) is 13.2. The molecule has 0 fully saturated rings. The van der Waals surface area contributed by atoms with E-state index in [0.717, 1.165) is 12.5 Å². The van der Waals surface area contributed by atoms with Gasteiger partial charge in [0.15, 0.2) is 0 Å². The van der Waals surface area contributed by atoms with Crippen LogP contribution in [0.1, 0.15) is 50.8 Å². The van der Waals surface area contributed by atoms with Crippen LogP contribution in [-0.2, 0) is 0 Å². The van der Waals surface area contributed by atoms with Gasteiger partial charge in [-0.3, -0.25) is 0 Å². The summed E-state index contributed by atoms with van der Waals surface area (Å²) < 4.78 is 0. The van der Waals surface area contributed by atoms with Crippen molar-refractivity contribution in [2.75, 3.05) is 6.54 Å². The highest BCUT2D eigenvalue weighted by Gasteiger charge is 2.12. The smallest absolute Gasteiger partial charge is 0.0322 e. The Balaban J connectivity index is 2.73. The second-order valence-electron chi connectivity index (χ2n) is 4.94. The van der Waals surface area contributed by atoms with E-state index in [1.54, 1.807) is 0 Å². The van der Waals surface area contributed by atoms with Crippen molar-refractivity contribution in [3.8, 4) is 0 Å². The molecule has 0 aliphatic carbocycles. The van der Waals surface area contributed by atoms with Crippen molar-refractivity contribution in [3.63, 3.8) is 0 Å². The van der Waals surface area contributed by atoms with Gasteiger partial charge in [-0.25, -0.2) is 0 Å². The summed E-state index contributed by atoms with van der Waals surface area (Å²) in [5.41, 5.74) is 2.86. The Labute approximate surface area is 100 Å². The van der Waals surface area contributed by atoms with Crippen LogP contribution in [-0.4, -0.2) is 6.54 Å². The molecule has 0 spiro atoms. The van der Waals surface area contributed by atoms with E-state index < -0.39 is 0 Å². The van der Waals surface area contributed by atoms with E-state index in [0.29, 0.717) is 6.04 Å². The zero-order valence-electron chi connectivity index (χ0n) is 11.1. The maximum absolute atomic E-state index is 3.60. The number of hydrogen-bond donors (Lipinski definition) is 1. The molecule has 0 bridgehead atoms. The number of hydrogen-bond acceptors (Lipinski definition) is 1. The van der Waals surface area contributed by atoms with Crippen LogP contribution >= 0.6 is 0 Å². The molecule has 1 N–H and O–H groups in total. The lowest BCUT2D eigenvalue weighted by molar-refractivity contribution is 0.447. The van der Waals surface area contributed by atoms with Gasteiger partial charge in [0, 0.05) is 6.04 Å². The Bertz CT molecular complexity index is 304. The van der Waals surface area contributed by atoms with Gasteiger partial charge in [0.2, 0.25) is 0 Å². The van der Waals surface area contributed by atoms with E-state index in [1.807, 2.05) is 0 Å². The van der Waals surface area contributed by atoms with E-state index in [-0.39, 0.29) is 0 Å². The molecular formula is C15H25N. The molecule has 0 heterocycles. The molecule has 90 valence electrons. The van der Waals surface area contributed by atoms with Gasteiger partial charge in [0.25, 0.3) is 0 Å². The fraction of sp³-hybridized carbons (Fsp3) is 0.600. The lowest BCUT2D eigenvalue weighted by Crippen LogP contribution is -2.22. The van der Waals surface area contributed by atoms with Crippen molar-refractivity contribution in [1.29, 1.82) is 0 Å². The first-order valence-corrected chi connectivity index (χ1v) is 6.44. The molecule has 0 saturated heterocycles. The van der Waals surface area contributed by atoms with Crippen molar-refractivity contribution in [1.82, 2.24) is 5.32 Å². The van der Waals surface area contributed by atoms with Crippen molar-refractivity contribution in [3.05, 3.63) is 35.4 Å². The minimum absolute atomic E-state index is 0.522. The van der Waals surface area contributed by atoms with Crippen LogP contribution in [0, 0.1) is 12.8 Å². The molecule has 16 heavy (non-hydrogen) atoms. The van der Waals surface area contributed by atoms with Gasteiger partial charge in [-0.05, 0) is 43.4 Å². The van der Waals surface area contributed by atoms with Crippen LogP contribution in [0.2, 0.25) is 0 Å². The van der Waals surface area contributed by atoms with Crippen LogP contribution in [0.25, 0.3) is 0 Å². The van der Waals surface area contributed by atoms with Crippen LogP contribution in [0.5, 0.6) is 0 Å². The van der Waals surface area contributed by atoms with E-state index >= 15 is 0 Å². The third-order valence-corrected chi connectivity index (χ3v) is 3.05. The molecule has 0 aromatic heterocycles. The topological polar surface area (TPSA) is 12.0 Å². The van der Waals surface area contributed by atoms with Gasteiger partial charge in [-0.2, -0.15) is 0 Å². The summed E-state index contributed by atoms with van der Waals surface area (Å²) in [4.78, 5) is 0. The van der Waals surface area contributed by atoms with Crippen LogP contribution in [0.4, 0.5) is 0 Å². The maximum atomic E-state index is 3.60. The molecule has 1 nitrogen and oxygen atoms in total. The Morgan fingerprint density at radius 3 is 2.38 bits per heavy atom. The van der Waals surface area contributed by atoms with Crippen LogP contribution < -0.4 is 5.32 Å². The molecule has 0 aliphatic rings. The molecule has 0 amide bonds. The molecule has 1 atom stereocenters. The zero-order valence-corrected chi connectivity index (χ0v) is 11.1. The number of rotatable bonds is 6. The maximum Gasteiger partial charge on any atom is 0.0322 e. The van der Waals surface area contributed by atoms with Gasteiger partial charge in [0.05, 0.1) is 0 Å². The number of nitrogens with one attached hydrogen (secondary N) is 1. The number of benzene rings is 1. The highest BCUT2D eigenvalue weighted by atomic mass is 14.9. The minimum atomic E-state index is 0.522. The highest BCUT2D eigenvalue weighted by molar-refractivity contribution is 5.28. The largest absolute Gasteiger partial charge is 0.310 e. The second-order valence-corrected chi connectivity index (χ2v) is 4.94. The van der Waals surface area contributed by atoms with Gasteiger partial charge in [-0.15, -0.1) is 0 Å². The monoisotopic (exact) mass is 219 g/mol. The fourth-order valence-corrected chi connectivity index (χ4v) is 2.09. The molecule has 0 radical (unpaired) electrons. The first-order valence-electron chi connectivity index (χ1n) is 6.44. The molecule has 0 saturated carbocycles. The highest BCUT2D eigenvalue weighted by Crippen LogP contribution is 2.23. The van der Waals surface area contributed by atoms with Gasteiger partial charge < -0.3 is 5.32 Å². The summed E-state index contributed by atoms with van der Waals surface area (Å²) >= 11 is 0. The molecule has 1 aromatic carbocycles. The van der Waals surface area contributed by atoms with E-state index in [9.17, 15) is 0 Å². The summed E-state index contributed by atoms with van der Waals surface area (Å²) in [5, 5.41) is 3.60. The summed E-state index contributed by atoms with van der Waals surface area (Å²) in [6.45, 7) is 10.0. The summed E-state index contributed by atoms with van der Waals surface area (Å²) in [6, 6.07) is 9.23. The zero-order chi connectivity index (χ0) is 12.0. The summed E-state index contributed by atoms with van der Waals surface area (Å²) in [6.07, 6.45) is 2.52. The summed E-state index contributed by atoms with van der Waals surface area (Å²) in [7, 11) is 0. The third kappa shape index (κ3) is 3.97. The number of aryl methyl sites for hydroxylation is 1. The Kier molecular flexibility index (Phi) is 5.54. The lowest BCUT2D eigenvalue weighted by atomic mass is 9.94. The average Bonchev–Trinajstić information content (AvgIpc) is 2.25. The van der Waals surface area contributed by atoms with E-state index in [2.05, 4.69) is 57.3 Å². The van der Waals surface area contributed by atoms with Crippen molar-refractivity contribution < 1.29 is 0 Å². The Morgan fingerprint density at radius 2 is 1.81 bits per heavy atom. The lowest BCUT2D eigenvalue weighted by Gasteiger charge is -2.21. The normalized spacial score (nSPS) is 13.1. The summed E-state index contributed by atoms with van der Waals surface area (Å²) in [5.74, 6) is 0.783. The standard InChI is InChI=1S/C15H25N/c1-5-16-15(11-10-12(2)3)14-9-7-6-8-13(14)4/h6-9,12,15-16H,5,10-11H2,1-4H3. The van der Waals surface area contributed by atoms with Gasteiger partial charge in [0.1, 0.15) is 0 Å². The van der Waals surface area contributed by atoms with Crippen LogP contribution in [0.15, 0.2) is 24.3 Å². The Hall–Kier alpha value is -0.820. The van der Waals surface area contributed by atoms with E-state index in [1.165, 1.54) is 24.0 Å². The minimum Gasteiger partial charge on any atom is -0.310 e. The first-order chi connectivity index (χ1) is 7.65. The molecule has 1 rings (SSSR count). The second kappa shape index (κ2) is 6.70. The van der Waals surface area contributed by atoms with Crippen molar-refractivity contribution in [2.45, 2.75) is 46.6 Å². The Morgan fingerprint density at radius 1 is 1.12 bits per heavy atom.